The second-order valence-electron chi connectivity index (χ2n) is 5.93. The van der Waals surface area contributed by atoms with Gasteiger partial charge in [0.05, 0.1) is 29.2 Å². The van der Waals surface area contributed by atoms with Crippen LogP contribution < -0.4 is 0 Å². The summed E-state index contributed by atoms with van der Waals surface area (Å²) in [6.45, 7) is 0.482. The van der Waals surface area contributed by atoms with Crippen LogP contribution in [0.3, 0.4) is 0 Å². The Morgan fingerprint density at radius 1 is 1.12 bits per heavy atom. The van der Waals surface area contributed by atoms with E-state index in [1.165, 1.54) is 0 Å². The number of aromatic amines is 1. The number of H-pyrrole nitrogens is 1. The Kier molecular flexibility index (Phi) is 3.78. The fourth-order valence-corrected chi connectivity index (χ4v) is 2.86. The number of nitrogens with one attached hydrogen (secondary N) is 1. The van der Waals surface area contributed by atoms with Gasteiger partial charge in [0.15, 0.2) is 0 Å². The summed E-state index contributed by atoms with van der Waals surface area (Å²) in [5.41, 5.74) is 3.34. The minimum absolute atomic E-state index is 0.0534. The van der Waals surface area contributed by atoms with Crippen LogP contribution in [0, 0.1) is 0 Å². The highest BCUT2D eigenvalue weighted by molar-refractivity contribution is 6.05. The first kappa shape index (κ1) is 15.1. The number of benzene rings is 2. The molecule has 6 nitrogen and oxygen atoms in total. The molecule has 1 N–H and O–H groups in total. The van der Waals surface area contributed by atoms with Crippen LogP contribution >= 0.6 is 0 Å². The first-order valence-corrected chi connectivity index (χ1v) is 7.99. The van der Waals surface area contributed by atoms with Crippen LogP contribution in [0.1, 0.15) is 15.9 Å². The van der Waals surface area contributed by atoms with Crippen molar-refractivity contribution >= 4 is 16.8 Å². The molecule has 124 valence electrons. The third-order valence-electron chi connectivity index (χ3n) is 4.13. The smallest absolute Gasteiger partial charge is 0.256 e. The average molecular weight is 331 g/mol. The maximum absolute atomic E-state index is 12.8. The Morgan fingerprint density at radius 3 is 2.80 bits per heavy atom. The molecule has 0 atom stereocenters. The Morgan fingerprint density at radius 2 is 1.96 bits per heavy atom. The third kappa shape index (κ3) is 2.89. The van der Waals surface area contributed by atoms with E-state index in [0.717, 1.165) is 22.2 Å². The zero-order valence-corrected chi connectivity index (χ0v) is 13.8. The standard InChI is InChI=1S/C19H17N5O/c1-23(19(25)17-9-5-6-15-11-20-22-18(15)17)12-14-10-21-24(13-14)16-7-3-2-4-8-16/h2-11,13H,12H2,1H3,(H,20,22). The summed E-state index contributed by atoms with van der Waals surface area (Å²) >= 11 is 0. The lowest BCUT2D eigenvalue weighted by molar-refractivity contribution is 0.0787. The highest BCUT2D eigenvalue weighted by Gasteiger charge is 2.16. The number of amides is 1. The molecule has 6 heteroatoms. The molecule has 25 heavy (non-hydrogen) atoms. The number of hydrogen-bond acceptors (Lipinski definition) is 3. The van der Waals surface area contributed by atoms with E-state index in [0.29, 0.717) is 12.1 Å². The normalized spacial score (nSPS) is 10.9. The highest BCUT2D eigenvalue weighted by atomic mass is 16.2. The molecular formula is C19H17N5O. The van der Waals surface area contributed by atoms with Crippen molar-refractivity contribution in [2.45, 2.75) is 6.54 Å². The molecule has 4 aromatic rings. The number of rotatable bonds is 4. The molecule has 2 heterocycles. The fraction of sp³-hybridized carbons (Fsp3) is 0.105. The van der Waals surface area contributed by atoms with Gasteiger partial charge in [0, 0.05) is 30.7 Å². The van der Waals surface area contributed by atoms with Gasteiger partial charge in [-0.15, -0.1) is 0 Å². The van der Waals surface area contributed by atoms with Crippen LogP contribution in [-0.4, -0.2) is 37.8 Å². The second kappa shape index (κ2) is 6.24. The Labute approximate surface area is 144 Å². The van der Waals surface area contributed by atoms with E-state index in [2.05, 4.69) is 15.3 Å². The van der Waals surface area contributed by atoms with Crippen LogP contribution in [0.5, 0.6) is 0 Å². The molecule has 0 unspecified atom stereocenters. The molecule has 0 spiro atoms. The fourth-order valence-electron chi connectivity index (χ4n) is 2.86. The number of fused-ring (bicyclic) bond motifs is 1. The van der Waals surface area contributed by atoms with E-state index in [-0.39, 0.29) is 5.91 Å². The molecule has 0 aliphatic rings. The van der Waals surface area contributed by atoms with Crippen LogP contribution in [0.4, 0.5) is 0 Å². The zero-order valence-electron chi connectivity index (χ0n) is 13.8. The summed E-state index contributed by atoms with van der Waals surface area (Å²) in [5.74, 6) is -0.0534. The Hall–Kier alpha value is -3.41. The molecule has 2 aromatic heterocycles. The average Bonchev–Trinajstić information content (AvgIpc) is 3.30. The van der Waals surface area contributed by atoms with Gasteiger partial charge < -0.3 is 4.90 Å². The van der Waals surface area contributed by atoms with Crippen LogP contribution in [0.15, 0.2) is 67.1 Å². The van der Waals surface area contributed by atoms with E-state index < -0.39 is 0 Å². The van der Waals surface area contributed by atoms with E-state index in [1.54, 1.807) is 24.3 Å². The SMILES string of the molecule is CN(Cc1cnn(-c2ccccc2)c1)C(=O)c1cccc2cn[nH]c12. The van der Waals surface area contributed by atoms with Gasteiger partial charge in [-0.1, -0.05) is 30.3 Å². The van der Waals surface area contributed by atoms with Crippen LogP contribution in [-0.2, 0) is 6.54 Å². The quantitative estimate of drug-likeness (QED) is 0.625. The van der Waals surface area contributed by atoms with Gasteiger partial charge in [0.2, 0.25) is 0 Å². The van der Waals surface area contributed by atoms with Gasteiger partial charge in [0.25, 0.3) is 5.91 Å². The van der Waals surface area contributed by atoms with Crippen molar-refractivity contribution in [3.63, 3.8) is 0 Å². The first-order valence-electron chi connectivity index (χ1n) is 7.99. The van der Waals surface area contributed by atoms with Crippen LogP contribution in [0.2, 0.25) is 0 Å². The maximum atomic E-state index is 12.8. The van der Waals surface area contributed by atoms with Gasteiger partial charge in [0.1, 0.15) is 0 Å². The summed E-state index contributed by atoms with van der Waals surface area (Å²) in [7, 11) is 1.79. The van der Waals surface area contributed by atoms with Gasteiger partial charge in [-0.25, -0.2) is 4.68 Å². The molecule has 2 aromatic carbocycles. The molecule has 4 rings (SSSR count). The molecule has 0 aliphatic carbocycles. The number of aromatic nitrogens is 4. The largest absolute Gasteiger partial charge is 0.337 e. The predicted molar refractivity (Wildman–Crippen MR) is 95.5 cm³/mol. The van der Waals surface area contributed by atoms with Gasteiger partial charge in [-0.3, -0.25) is 9.89 Å². The summed E-state index contributed by atoms with van der Waals surface area (Å²) in [4.78, 5) is 14.5. The number of nitrogens with zero attached hydrogens (tertiary/aromatic N) is 4. The monoisotopic (exact) mass is 331 g/mol. The Balaban J connectivity index is 1.54. The van der Waals surface area contributed by atoms with Gasteiger partial charge in [-0.2, -0.15) is 10.2 Å². The molecule has 0 fully saturated rings. The number of para-hydroxylation sites is 2. The van der Waals surface area contributed by atoms with Gasteiger partial charge >= 0.3 is 0 Å². The van der Waals surface area contributed by atoms with E-state index in [9.17, 15) is 4.79 Å². The second-order valence-corrected chi connectivity index (χ2v) is 5.93. The van der Waals surface area contributed by atoms with E-state index in [1.807, 2.05) is 59.4 Å². The number of hydrogen-bond donors (Lipinski definition) is 1. The predicted octanol–water partition coefficient (Wildman–Crippen LogP) is 3.02. The maximum Gasteiger partial charge on any atom is 0.256 e. The minimum atomic E-state index is -0.0534. The number of carbonyl (C=O) groups excluding carboxylic acids is 1. The molecule has 1 amide bonds. The molecule has 0 aliphatic heterocycles. The minimum Gasteiger partial charge on any atom is -0.337 e. The van der Waals surface area contributed by atoms with E-state index in [4.69, 9.17) is 0 Å². The van der Waals surface area contributed by atoms with Crippen molar-refractivity contribution in [2.75, 3.05) is 7.05 Å². The molecule has 0 saturated heterocycles. The van der Waals surface area contributed by atoms with Crippen molar-refractivity contribution in [3.8, 4) is 5.69 Å². The summed E-state index contributed by atoms with van der Waals surface area (Å²) < 4.78 is 1.81. The summed E-state index contributed by atoms with van der Waals surface area (Å²) in [6, 6.07) is 15.5. The summed E-state index contributed by atoms with van der Waals surface area (Å²) in [6.07, 6.45) is 5.44. The molecule has 0 radical (unpaired) electrons. The lowest BCUT2D eigenvalue weighted by Crippen LogP contribution is -2.26. The third-order valence-corrected chi connectivity index (χ3v) is 4.13. The van der Waals surface area contributed by atoms with Crippen molar-refractivity contribution < 1.29 is 4.79 Å². The lowest BCUT2D eigenvalue weighted by Gasteiger charge is -2.16. The first-order chi connectivity index (χ1) is 12.2. The van der Waals surface area contributed by atoms with Crippen molar-refractivity contribution in [1.29, 1.82) is 0 Å². The van der Waals surface area contributed by atoms with Crippen molar-refractivity contribution in [1.82, 2.24) is 24.9 Å². The van der Waals surface area contributed by atoms with E-state index >= 15 is 0 Å². The van der Waals surface area contributed by atoms with Gasteiger partial charge in [-0.05, 0) is 18.2 Å². The lowest BCUT2D eigenvalue weighted by atomic mass is 10.1. The zero-order chi connectivity index (χ0) is 17.2. The topological polar surface area (TPSA) is 66.8 Å². The van der Waals surface area contributed by atoms with Crippen molar-refractivity contribution in [3.05, 3.63) is 78.2 Å². The number of carbonyl (C=O) groups is 1. The Bertz CT molecular complexity index is 1020. The van der Waals surface area contributed by atoms with Crippen molar-refractivity contribution in [2.24, 2.45) is 0 Å². The highest BCUT2D eigenvalue weighted by Crippen LogP contribution is 2.18. The van der Waals surface area contributed by atoms with Crippen LogP contribution in [0.25, 0.3) is 16.6 Å². The molecule has 0 bridgehead atoms. The molecular weight excluding hydrogens is 314 g/mol. The molecule has 0 saturated carbocycles. The summed E-state index contributed by atoms with van der Waals surface area (Å²) in [5, 5.41) is 12.2.